The van der Waals surface area contributed by atoms with Gasteiger partial charge in [-0.2, -0.15) is 18.2 Å². The van der Waals surface area contributed by atoms with Crippen LogP contribution < -0.4 is 5.32 Å². The summed E-state index contributed by atoms with van der Waals surface area (Å²) < 4.78 is 38.9. The Balaban J connectivity index is 2.26. The molecule has 1 aromatic rings. The maximum Gasteiger partial charge on any atom is 0.418 e. The van der Waals surface area contributed by atoms with E-state index in [0.29, 0.717) is 0 Å². The van der Waals surface area contributed by atoms with Gasteiger partial charge in [-0.15, -0.1) is 0 Å². The molecule has 5 nitrogen and oxygen atoms in total. The maximum atomic E-state index is 13.0. The first-order chi connectivity index (χ1) is 10.2. The van der Waals surface area contributed by atoms with Gasteiger partial charge in [-0.3, -0.25) is 9.69 Å². The summed E-state index contributed by atoms with van der Waals surface area (Å²) in [5, 5.41) is 2.31. The standard InChI is InChI=1S/C13H12F3N3O2S/c1-7-4-3-5-8(13(14,15)16)10(7)17-11(21)18-12-19(2)9(20)6-22-12/h3-5H,6H2,1-2H3,(H,17,21). The van der Waals surface area contributed by atoms with E-state index in [1.807, 2.05) is 0 Å². The monoisotopic (exact) mass is 331 g/mol. The number of urea groups is 1. The van der Waals surface area contributed by atoms with Crippen LogP contribution in [0.25, 0.3) is 0 Å². The second kappa shape index (κ2) is 5.99. The van der Waals surface area contributed by atoms with Gasteiger partial charge in [0.25, 0.3) is 0 Å². The fraction of sp³-hybridized carbons (Fsp3) is 0.308. The number of alkyl halides is 3. The van der Waals surface area contributed by atoms with E-state index in [2.05, 4.69) is 10.3 Å². The zero-order valence-electron chi connectivity index (χ0n) is 11.7. The van der Waals surface area contributed by atoms with E-state index >= 15 is 0 Å². The molecular formula is C13H12F3N3O2S. The molecule has 1 N–H and O–H groups in total. The third-order valence-corrected chi connectivity index (χ3v) is 4.01. The Morgan fingerprint density at radius 2 is 2.09 bits per heavy atom. The number of thioether (sulfide) groups is 1. The number of halogens is 3. The minimum atomic E-state index is -4.59. The molecule has 0 radical (unpaired) electrons. The molecule has 0 bridgehead atoms. The van der Waals surface area contributed by atoms with Gasteiger partial charge in [0, 0.05) is 7.05 Å². The number of para-hydroxylation sites is 1. The first-order valence-electron chi connectivity index (χ1n) is 6.16. The molecule has 1 saturated heterocycles. The van der Waals surface area contributed by atoms with Gasteiger partial charge in [0.15, 0.2) is 5.17 Å². The predicted molar refractivity (Wildman–Crippen MR) is 77.9 cm³/mol. The molecule has 1 fully saturated rings. The third-order valence-electron chi connectivity index (χ3n) is 2.99. The van der Waals surface area contributed by atoms with E-state index < -0.39 is 17.8 Å². The quantitative estimate of drug-likeness (QED) is 0.860. The number of nitrogens with zero attached hydrogens (tertiary/aromatic N) is 2. The highest BCUT2D eigenvalue weighted by Gasteiger charge is 2.34. The fourth-order valence-corrected chi connectivity index (χ4v) is 2.71. The average molecular weight is 331 g/mol. The smallest absolute Gasteiger partial charge is 0.305 e. The second-order valence-corrected chi connectivity index (χ2v) is 5.50. The molecule has 2 rings (SSSR count). The van der Waals surface area contributed by atoms with E-state index in [1.165, 1.54) is 31.0 Å². The molecule has 3 amide bonds. The molecule has 22 heavy (non-hydrogen) atoms. The number of rotatable bonds is 1. The number of nitrogens with one attached hydrogen (secondary N) is 1. The van der Waals surface area contributed by atoms with Crippen LogP contribution in [0.2, 0.25) is 0 Å². The van der Waals surface area contributed by atoms with Crippen LogP contribution in [0.15, 0.2) is 23.2 Å². The highest BCUT2D eigenvalue weighted by atomic mass is 32.2. The largest absolute Gasteiger partial charge is 0.418 e. The molecule has 0 atom stereocenters. The number of carbonyl (C=O) groups is 2. The zero-order valence-corrected chi connectivity index (χ0v) is 12.5. The number of hydrogen-bond donors (Lipinski definition) is 1. The van der Waals surface area contributed by atoms with Crippen LogP contribution in [0, 0.1) is 6.92 Å². The zero-order chi connectivity index (χ0) is 16.5. The molecule has 0 aromatic heterocycles. The van der Waals surface area contributed by atoms with Gasteiger partial charge in [-0.25, -0.2) is 4.79 Å². The SMILES string of the molecule is Cc1cccc(C(F)(F)F)c1NC(=O)N=C1SCC(=O)N1C. The number of aryl methyl sites for hydroxylation is 1. The Morgan fingerprint density at radius 3 is 2.64 bits per heavy atom. The van der Waals surface area contributed by atoms with E-state index in [1.54, 1.807) is 0 Å². The van der Waals surface area contributed by atoms with Crippen molar-refractivity contribution in [3.8, 4) is 0 Å². The van der Waals surface area contributed by atoms with Crippen molar-refractivity contribution in [2.45, 2.75) is 13.1 Å². The first kappa shape index (κ1) is 16.3. The van der Waals surface area contributed by atoms with Crippen LogP contribution >= 0.6 is 11.8 Å². The lowest BCUT2D eigenvalue weighted by Crippen LogP contribution is -2.26. The van der Waals surface area contributed by atoms with Gasteiger partial charge in [-0.05, 0) is 18.6 Å². The molecule has 0 spiro atoms. The van der Waals surface area contributed by atoms with Gasteiger partial charge >= 0.3 is 12.2 Å². The summed E-state index contributed by atoms with van der Waals surface area (Å²) in [5.41, 5.74) is -1.00. The number of hydrogen-bond acceptors (Lipinski definition) is 3. The summed E-state index contributed by atoms with van der Waals surface area (Å²) in [6.07, 6.45) is -4.59. The molecule has 1 aromatic carbocycles. The molecule has 9 heteroatoms. The van der Waals surface area contributed by atoms with Gasteiger partial charge in [0.2, 0.25) is 5.91 Å². The summed E-state index contributed by atoms with van der Waals surface area (Å²) in [4.78, 5) is 28.0. The van der Waals surface area contributed by atoms with Crippen molar-refractivity contribution in [2.24, 2.45) is 4.99 Å². The number of amides is 3. The molecule has 0 aliphatic carbocycles. The molecule has 1 heterocycles. The van der Waals surface area contributed by atoms with Crippen LogP contribution in [0.1, 0.15) is 11.1 Å². The van der Waals surface area contributed by atoms with Gasteiger partial charge < -0.3 is 5.32 Å². The van der Waals surface area contributed by atoms with E-state index in [4.69, 9.17) is 0 Å². The van der Waals surface area contributed by atoms with Crippen molar-refractivity contribution in [1.29, 1.82) is 0 Å². The first-order valence-corrected chi connectivity index (χ1v) is 7.14. The Bertz CT molecular complexity index is 658. The number of carbonyl (C=O) groups excluding carboxylic acids is 2. The maximum absolute atomic E-state index is 13.0. The molecule has 0 saturated carbocycles. The van der Waals surface area contributed by atoms with Crippen molar-refractivity contribution in [3.05, 3.63) is 29.3 Å². The molecular weight excluding hydrogens is 319 g/mol. The van der Waals surface area contributed by atoms with Crippen LogP contribution in [-0.4, -0.2) is 34.8 Å². The van der Waals surface area contributed by atoms with Crippen molar-refractivity contribution >= 4 is 34.6 Å². The summed E-state index contributed by atoms with van der Waals surface area (Å²) in [7, 11) is 1.45. The topological polar surface area (TPSA) is 61.8 Å². The average Bonchev–Trinajstić information content (AvgIpc) is 2.72. The minimum absolute atomic E-state index is 0.154. The fourth-order valence-electron chi connectivity index (χ4n) is 1.83. The Kier molecular flexibility index (Phi) is 4.45. The number of amidine groups is 1. The Labute approximate surface area is 128 Å². The molecule has 1 aliphatic heterocycles. The Morgan fingerprint density at radius 1 is 1.41 bits per heavy atom. The van der Waals surface area contributed by atoms with Crippen molar-refractivity contribution in [1.82, 2.24) is 4.90 Å². The normalized spacial score (nSPS) is 17.2. The number of anilines is 1. The summed E-state index contributed by atoms with van der Waals surface area (Å²) in [5.74, 6) is -0.0655. The van der Waals surface area contributed by atoms with E-state index in [-0.39, 0.29) is 28.1 Å². The van der Waals surface area contributed by atoms with E-state index in [0.717, 1.165) is 17.8 Å². The molecule has 1 aliphatic rings. The van der Waals surface area contributed by atoms with Gasteiger partial charge in [0.05, 0.1) is 17.0 Å². The lowest BCUT2D eigenvalue weighted by molar-refractivity contribution is -0.137. The highest BCUT2D eigenvalue weighted by molar-refractivity contribution is 8.15. The van der Waals surface area contributed by atoms with Crippen LogP contribution in [0.5, 0.6) is 0 Å². The molecule has 118 valence electrons. The van der Waals surface area contributed by atoms with Crippen LogP contribution in [0.4, 0.5) is 23.7 Å². The van der Waals surface area contributed by atoms with Crippen molar-refractivity contribution in [3.63, 3.8) is 0 Å². The van der Waals surface area contributed by atoms with Crippen molar-refractivity contribution < 1.29 is 22.8 Å². The second-order valence-electron chi connectivity index (χ2n) is 4.56. The number of benzene rings is 1. The molecule has 0 unspecified atom stereocenters. The van der Waals surface area contributed by atoms with E-state index in [9.17, 15) is 22.8 Å². The van der Waals surface area contributed by atoms with Crippen LogP contribution in [-0.2, 0) is 11.0 Å². The highest BCUT2D eigenvalue weighted by Crippen LogP contribution is 2.36. The van der Waals surface area contributed by atoms with Gasteiger partial charge in [-0.1, -0.05) is 23.9 Å². The van der Waals surface area contributed by atoms with Gasteiger partial charge in [0.1, 0.15) is 0 Å². The summed E-state index contributed by atoms with van der Waals surface area (Å²) >= 11 is 1.05. The minimum Gasteiger partial charge on any atom is -0.305 e. The Hall–Kier alpha value is -2.03. The number of aliphatic imine (C=N–C) groups is 1. The van der Waals surface area contributed by atoms with Crippen LogP contribution in [0.3, 0.4) is 0 Å². The lowest BCUT2D eigenvalue weighted by Gasteiger charge is -2.15. The third kappa shape index (κ3) is 3.41. The lowest BCUT2D eigenvalue weighted by atomic mass is 10.1. The predicted octanol–water partition coefficient (Wildman–Crippen LogP) is 3.11. The summed E-state index contributed by atoms with van der Waals surface area (Å²) in [6.45, 7) is 1.46. The van der Waals surface area contributed by atoms with Crippen molar-refractivity contribution in [2.75, 3.05) is 18.1 Å². The summed E-state index contributed by atoms with van der Waals surface area (Å²) in [6, 6.07) is 2.65.